The molecule has 234 valence electrons. The van der Waals surface area contributed by atoms with E-state index in [1.165, 1.54) is 0 Å². The number of anilines is 1. The number of aromatic amines is 2. The third-order valence-corrected chi connectivity index (χ3v) is 9.44. The highest BCUT2D eigenvalue weighted by molar-refractivity contribution is 8.07. The molecule has 7 heterocycles. The van der Waals surface area contributed by atoms with E-state index < -0.39 is 88.5 Å². The molecule has 0 aliphatic carbocycles. The van der Waals surface area contributed by atoms with Gasteiger partial charge in [0.2, 0.25) is 5.95 Å². The Hall–Kier alpha value is -3.17. The second kappa shape index (κ2) is 11.0. The summed E-state index contributed by atoms with van der Waals surface area (Å²) >= 11 is 5.13. The number of nitrogen functional groups attached to an aromatic ring is 1. The topological polar surface area (TPSA) is 246 Å². The van der Waals surface area contributed by atoms with Crippen LogP contribution in [-0.2, 0) is 43.9 Å². The summed E-state index contributed by atoms with van der Waals surface area (Å²) in [5, 5.41) is 0. The number of hydrogen-bond donors (Lipinski definition) is 4. The van der Waals surface area contributed by atoms with Crippen LogP contribution in [0.3, 0.4) is 0 Å². The molecule has 5 N–H and O–H groups in total. The minimum absolute atomic E-state index is 0.00798. The molecule has 0 aromatic carbocycles. The van der Waals surface area contributed by atoms with Crippen LogP contribution in [0.1, 0.15) is 12.5 Å². The van der Waals surface area contributed by atoms with Crippen molar-refractivity contribution in [1.82, 2.24) is 39.0 Å². The number of nitrogens with two attached hydrogens (primary N) is 1. The fourth-order valence-corrected chi connectivity index (χ4v) is 7.32. The largest absolute Gasteiger partial charge is 0.697 e. The number of hydrogen-bond acceptors (Lipinski definition) is 15. The van der Waals surface area contributed by atoms with Crippen molar-refractivity contribution in [2.75, 3.05) is 18.9 Å². The van der Waals surface area contributed by atoms with Crippen LogP contribution in [0.2, 0.25) is 0 Å². The minimum atomic E-state index is -4.35. The molecule has 24 heteroatoms. The van der Waals surface area contributed by atoms with Crippen molar-refractivity contribution in [2.24, 2.45) is 0 Å². The van der Waals surface area contributed by atoms with Crippen LogP contribution >= 0.6 is 15.0 Å². The molecule has 10 atom stereocenters. The number of fused-ring (bicyclic) bond motifs is 5. The summed E-state index contributed by atoms with van der Waals surface area (Å²) in [6.45, 7) is -5.69. The highest BCUT2D eigenvalue weighted by Gasteiger charge is 2.55. The molecule has 0 saturated carbocycles. The third-order valence-electron chi connectivity index (χ3n) is 7.10. The lowest BCUT2D eigenvalue weighted by Gasteiger charge is -2.26. The number of H-pyrrole nitrogens is 2. The van der Waals surface area contributed by atoms with Gasteiger partial charge in [0.15, 0.2) is 53.2 Å². The van der Waals surface area contributed by atoms with E-state index >= 15 is 8.78 Å². The van der Waals surface area contributed by atoms with Gasteiger partial charge >= 0.3 is 15.0 Å². The Labute approximate surface area is 247 Å². The van der Waals surface area contributed by atoms with Crippen molar-refractivity contribution in [2.45, 2.75) is 49.2 Å². The van der Waals surface area contributed by atoms with Gasteiger partial charge in [-0.15, -0.1) is 9.05 Å². The van der Waals surface area contributed by atoms with Gasteiger partial charge < -0.3 is 29.6 Å². The number of alkyl halides is 2. The SMILES string of the molecule is Nc1nc2c(ncn2[C@@H]2O[C@@H]3CO[P+](=O)O[C@H]4[C@H](F)[C@H](n5cnc6c(=O)[nH]cnc65)O[C@@H]4COP(O)(=S)O[C@@H]2[C@H]3F)c(=O)[nH]1. The van der Waals surface area contributed by atoms with Crippen LogP contribution in [0.4, 0.5) is 14.7 Å². The highest BCUT2D eigenvalue weighted by Crippen LogP contribution is 2.52. The summed E-state index contributed by atoms with van der Waals surface area (Å²) < 4.78 is 79.7. The molecular formula is C20H20F2N9O10P2S+. The maximum absolute atomic E-state index is 15.8. The maximum atomic E-state index is 15.8. The second-order valence-corrected chi connectivity index (χ2v) is 13.5. The number of halogens is 2. The van der Waals surface area contributed by atoms with Crippen LogP contribution < -0.4 is 16.9 Å². The molecule has 3 aliphatic heterocycles. The molecule has 7 rings (SSSR count). The van der Waals surface area contributed by atoms with E-state index in [1.807, 2.05) is 0 Å². The van der Waals surface area contributed by atoms with Gasteiger partial charge in [-0.2, -0.15) is 4.98 Å². The number of nitrogens with zero attached hydrogens (tertiary/aromatic N) is 6. The van der Waals surface area contributed by atoms with E-state index in [2.05, 4.69) is 29.9 Å². The van der Waals surface area contributed by atoms with Crippen LogP contribution in [0.25, 0.3) is 22.3 Å². The Morgan fingerprint density at radius 1 is 1.00 bits per heavy atom. The molecule has 2 unspecified atom stereocenters. The van der Waals surface area contributed by atoms with Crippen LogP contribution in [0.15, 0.2) is 28.6 Å². The van der Waals surface area contributed by atoms with Crippen molar-refractivity contribution in [3.05, 3.63) is 39.7 Å². The van der Waals surface area contributed by atoms with Crippen LogP contribution in [0.5, 0.6) is 0 Å². The second-order valence-electron chi connectivity index (χ2n) is 9.77. The minimum Gasteiger partial charge on any atom is -0.369 e. The molecule has 3 saturated heterocycles. The van der Waals surface area contributed by atoms with Crippen molar-refractivity contribution < 1.29 is 45.8 Å². The summed E-state index contributed by atoms with van der Waals surface area (Å²) in [5.41, 5.74) is 4.08. The van der Waals surface area contributed by atoms with Gasteiger partial charge in [0.05, 0.1) is 25.6 Å². The summed E-state index contributed by atoms with van der Waals surface area (Å²) in [6.07, 6.45) is -9.81. The molecule has 0 amide bonds. The number of nitrogens with one attached hydrogen (secondary N) is 2. The Morgan fingerprint density at radius 2 is 1.70 bits per heavy atom. The molecule has 4 aromatic heterocycles. The van der Waals surface area contributed by atoms with Crippen molar-refractivity contribution in [1.29, 1.82) is 0 Å². The van der Waals surface area contributed by atoms with Gasteiger partial charge in [-0.25, -0.2) is 23.7 Å². The van der Waals surface area contributed by atoms with Crippen LogP contribution in [-0.4, -0.2) is 93.9 Å². The van der Waals surface area contributed by atoms with E-state index in [9.17, 15) is 19.0 Å². The molecule has 3 aliphatic rings. The van der Waals surface area contributed by atoms with Gasteiger partial charge in [0.1, 0.15) is 24.9 Å². The van der Waals surface area contributed by atoms with Gasteiger partial charge in [-0.05, 0) is 11.8 Å². The molecule has 0 spiro atoms. The molecule has 19 nitrogen and oxygen atoms in total. The normalized spacial score (nSPS) is 35.8. The molecule has 4 aromatic rings. The molecule has 2 bridgehead atoms. The predicted molar refractivity (Wildman–Crippen MR) is 144 cm³/mol. The monoisotopic (exact) mass is 678 g/mol. The average Bonchev–Trinajstić information content (AvgIpc) is 3.72. The molecule has 3 fully saturated rings. The summed E-state index contributed by atoms with van der Waals surface area (Å²) in [5.74, 6) is -0.259. The first-order valence-corrected chi connectivity index (χ1v) is 16.3. The lowest BCUT2D eigenvalue weighted by atomic mass is 10.1. The average molecular weight is 678 g/mol. The number of rotatable bonds is 2. The summed E-state index contributed by atoms with van der Waals surface area (Å²) in [6, 6.07) is 0. The third kappa shape index (κ3) is 5.06. The highest BCUT2D eigenvalue weighted by atomic mass is 32.5. The Kier molecular flexibility index (Phi) is 7.40. The summed E-state index contributed by atoms with van der Waals surface area (Å²) in [7, 11) is -3.10. The number of imidazole rings is 2. The van der Waals surface area contributed by atoms with Gasteiger partial charge in [-0.3, -0.25) is 28.2 Å². The molecule has 0 radical (unpaired) electrons. The lowest BCUT2D eigenvalue weighted by molar-refractivity contribution is -0.0580. The smallest absolute Gasteiger partial charge is 0.369 e. The Bertz CT molecular complexity index is 1940. The van der Waals surface area contributed by atoms with E-state index in [-0.39, 0.29) is 28.3 Å². The van der Waals surface area contributed by atoms with Crippen molar-refractivity contribution in [3.63, 3.8) is 0 Å². The first-order chi connectivity index (χ1) is 21.0. The van der Waals surface area contributed by atoms with E-state index in [0.29, 0.717) is 0 Å². The maximum Gasteiger partial charge on any atom is 0.697 e. The zero-order valence-corrected chi connectivity index (χ0v) is 24.3. The van der Waals surface area contributed by atoms with Gasteiger partial charge in [0, 0.05) is 4.57 Å². The van der Waals surface area contributed by atoms with Crippen LogP contribution in [0, 0.1) is 0 Å². The first-order valence-electron chi connectivity index (χ1n) is 12.6. The summed E-state index contributed by atoms with van der Waals surface area (Å²) in [4.78, 5) is 55.8. The molecule has 44 heavy (non-hydrogen) atoms. The fraction of sp³-hybridized carbons (Fsp3) is 0.500. The van der Waals surface area contributed by atoms with E-state index in [1.54, 1.807) is 0 Å². The zero-order valence-electron chi connectivity index (χ0n) is 21.7. The number of ether oxygens (including phenoxy) is 2. The zero-order chi connectivity index (χ0) is 30.9. The Balaban J connectivity index is 1.19. The fourth-order valence-electron chi connectivity index (χ4n) is 5.14. The van der Waals surface area contributed by atoms with E-state index in [4.69, 9.17) is 45.1 Å². The van der Waals surface area contributed by atoms with Crippen molar-refractivity contribution in [3.8, 4) is 0 Å². The van der Waals surface area contributed by atoms with Gasteiger partial charge in [0.25, 0.3) is 11.1 Å². The molecular weight excluding hydrogens is 658 g/mol. The first kappa shape index (κ1) is 29.5. The number of aromatic nitrogens is 8. The van der Waals surface area contributed by atoms with Crippen molar-refractivity contribution >= 4 is 55.1 Å². The van der Waals surface area contributed by atoms with E-state index in [0.717, 1.165) is 28.1 Å². The lowest BCUT2D eigenvalue weighted by Crippen LogP contribution is -2.33. The quantitative estimate of drug-likeness (QED) is 0.204. The predicted octanol–water partition coefficient (Wildman–Crippen LogP) is -0.00260. The van der Waals surface area contributed by atoms with Gasteiger partial charge in [-0.1, -0.05) is 0 Å². The Morgan fingerprint density at radius 3 is 2.48 bits per heavy atom. The standard InChI is InChI=1S/C20H19F2N9O10P2S/c21-8-6-1-36-42(34)40-12-7(39-18(9(12)22)30-4-26-10-14(30)24-3-25-16(10)32)2-37-43(35,44)41-13(8)19(38-6)31-5-27-11-15(31)28-20(23)29-17(11)33/h3-9,12-13,18-19H,1-2H2,(H4-,23,24,25,28,29,32,33,35,44)/p+1/t6-,7-,8+,9+,12-,13-,18-,19-,43?/m1/s1.